The van der Waals surface area contributed by atoms with Gasteiger partial charge in [-0.1, -0.05) is 19.0 Å². The summed E-state index contributed by atoms with van der Waals surface area (Å²) in [5.41, 5.74) is 2.69. The fraction of sp³-hybridized carbons (Fsp3) is 0.769. The molecule has 2 rings (SSSR count). The van der Waals surface area contributed by atoms with Crippen LogP contribution in [0.3, 0.4) is 0 Å². The van der Waals surface area contributed by atoms with Gasteiger partial charge in [-0.15, -0.1) is 0 Å². The fourth-order valence-electron chi connectivity index (χ4n) is 2.39. The van der Waals surface area contributed by atoms with Crippen LogP contribution in [-0.4, -0.2) is 22.7 Å². The summed E-state index contributed by atoms with van der Waals surface area (Å²) in [5.74, 6) is 3.43. The summed E-state index contributed by atoms with van der Waals surface area (Å²) in [6.07, 6.45) is 1.25. The van der Waals surface area contributed by atoms with Crippen LogP contribution < -0.4 is 5.32 Å². The van der Waals surface area contributed by atoms with Crippen LogP contribution in [0.1, 0.15) is 37.3 Å². The van der Waals surface area contributed by atoms with Crippen molar-refractivity contribution in [1.82, 2.24) is 10.5 Å². The van der Waals surface area contributed by atoms with Crippen molar-refractivity contribution in [3.8, 4) is 0 Å². The maximum atomic E-state index is 5.18. The van der Waals surface area contributed by atoms with Gasteiger partial charge in [0, 0.05) is 23.9 Å². The van der Waals surface area contributed by atoms with Crippen molar-refractivity contribution >= 4 is 11.8 Å². The first kappa shape index (κ1) is 13.0. The van der Waals surface area contributed by atoms with Gasteiger partial charge in [-0.3, -0.25) is 0 Å². The number of aromatic nitrogens is 1. The Kier molecular flexibility index (Phi) is 3.83. The zero-order valence-corrected chi connectivity index (χ0v) is 12.0. The molecule has 3 nitrogen and oxygen atoms in total. The maximum Gasteiger partial charge on any atom is 0.138 e. The van der Waals surface area contributed by atoms with Gasteiger partial charge in [-0.25, -0.2) is 0 Å². The molecule has 1 fully saturated rings. The number of aryl methyl sites for hydroxylation is 2. The number of nitrogens with one attached hydrogen (secondary N) is 1. The lowest BCUT2D eigenvalue weighted by atomic mass is 9.88. The lowest BCUT2D eigenvalue weighted by Gasteiger charge is -2.35. The minimum Gasteiger partial charge on any atom is -0.361 e. The minimum absolute atomic E-state index is 0.458. The van der Waals surface area contributed by atoms with Crippen molar-refractivity contribution in [2.75, 3.05) is 11.5 Å². The second-order valence-corrected chi connectivity index (χ2v) is 6.79. The summed E-state index contributed by atoms with van der Waals surface area (Å²) in [6.45, 7) is 9.57. The first-order chi connectivity index (χ1) is 7.98. The molecule has 1 aliphatic heterocycles. The van der Waals surface area contributed by atoms with Crippen LogP contribution in [0.15, 0.2) is 4.52 Å². The number of nitrogens with zero attached hydrogens (tertiary/aromatic N) is 1. The first-order valence-electron chi connectivity index (χ1n) is 6.21. The highest BCUT2D eigenvalue weighted by Crippen LogP contribution is 2.33. The van der Waals surface area contributed by atoms with Crippen LogP contribution in [-0.2, 0) is 6.54 Å². The summed E-state index contributed by atoms with van der Waals surface area (Å²) < 4.78 is 5.18. The van der Waals surface area contributed by atoms with Crippen LogP contribution in [0.25, 0.3) is 0 Å². The van der Waals surface area contributed by atoms with Gasteiger partial charge in [0.2, 0.25) is 0 Å². The standard InChI is InChI=1S/C13H22N2OS/c1-9-12(10(2)16-15-9)6-14-11-5-13(3,4)8-17-7-11/h11,14H,5-8H2,1-4H3. The van der Waals surface area contributed by atoms with Gasteiger partial charge in [0.25, 0.3) is 0 Å². The molecule has 0 radical (unpaired) electrons. The van der Waals surface area contributed by atoms with Crippen LogP contribution in [0.2, 0.25) is 0 Å². The van der Waals surface area contributed by atoms with E-state index in [0.717, 1.165) is 18.0 Å². The van der Waals surface area contributed by atoms with E-state index in [-0.39, 0.29) is 0 Å². The molecule has 0 aromatic carbocycles. The van der Waals surface area contributed by atoms with Crippen molar-refractivity contribution in [2.24, 2.45) is 5.41 Å². The van der Waals surface area contributed by atoms with Gasteiger partial charge in [0.1, 0.15) is 5.76 Å². The zero-order valence-electron chi connectivity index (χ0n) is 11.2. The molecule has 1 aromatic rings. The summed E-state index contributed by atoms with van der Waals surface area (Å²) in [5, 5.41) is 7.63. The molecule has 96 valence electrons. The van der Waals surface area contributed by atoms with Gasteiger partial charge in [-0.2, -0.15) is 11.8 Å². The maximum absolute atomic E-state index is 5.18. The molecule has 1 aromatic heterocycles. The van der Waals surface area contributed by atoms with Crippen molar-refractivity contribution in [2.45, 2.75) is 46.7 Å². The van der Waals surface area contributed by atoms with E-state index in [1.807, 2.05) is 13.8 Å². The smallest absolute Gasteiger partial charge is 0.138 e. The topological polar surface area (TPSA) is 38.1 Å². The highest BCUT2D eigenvalue weighted by molar-refractivity contribution is 7.99. The molecule has 0 spiro atoms. The number of hydrogen-bond donors (Lipinski definition) is 1. The molecule has 2 heterocycles. The second kappa shape index (κ2) is 5.02. The Morgan fingerprint density at radius 3 is 2.82 bits per heavy atom. The van der Waals surface area contributed by atoms with Crippen LogP contribution >= 0.6 is 11.8 Å². The van der Waals surface area contributed by atoms with Crippen LogP contribution in [0, 0.1) is 19.3 Å². The van der Waals surface area contributed by atoms with E-state index >= 15 is 0 Å². The van der Waals surface area contributed by atoms with Gasteiger partial charge in [0.15, 0.2) is 0 Å². The molecule has 1 saturated heterocycles. The van der Waals surface area contributed by atoms with Crippen LogP contribution in [0.4, 0.5) is 0 Å². The van der Waals surface area contributed by atoms with E-state index in [2.05, 4.69) is 36.1 Å². The highest BCUT2D eigenvalue weighted by Gasteiger charge is 2.28. The molecule has 17 heavy (non-hydrogen) atoms. The predicted molar refractivity (Wildman–Crippen MR) is 72.3 cm³/mol. The molecule has 0 saturated carbocycles. The summed E-state index contributed by atoms with van der Waals surface area (Å²) >= 11 is 2.05. The van der Waals surface area contributed by atoms with Crippen molar-refractivity contribution in [1.29, 1.82) is 0 Å². The second-order valence-electron chi connectivity index (χ2n) is 5.76. The normalized spacial score (nSPS) is 23.9. The fourth-order valence-corrected chi connectivity index (χ4v) is 3.70. The Bertz CT molecular complexity index is 367. The van der Waals surface area contributed by atoms with Gasteiger partial charge < -0.3 is 9.84 Å². The highest BCUT2D eigenvalue weighted by atomic mass is 32.2. The third kappa shape index (κ3) is 3.26. The third-order valence-electron chi connectivity index (χ3n) is 3.36. The lowest BCUT2D eigenvalue weighted by molar-refractivity contribution is 0.317. The van der Waals surface area contributed by atoms with E-state index in [1.54, 1.807) is 0 Å². The van der Waals surface area contributed by atoms with Crippen molar-refractivity contribution < 1.29 is 4.52 Å². The van der Waals surface area contributed by atoms with Crippen LogP contribution in [0.5, 0.6) is 0 Å². The number of thioether (sulfide) groups is 1. The first-order valence-corrected chi connectivity index (χ1v) is 7.36. The summed E-state index contributed by atoms with van der Waals surface area (Å²) in [6, 6.07) is 0.609. The quantitative estimate of drug-likeness (QED) is 0.900. The molecule has 0 bridgehead atoms. The molecule has 1 aliphatic rings. The van der Waals surface area contributed by atoms with Gasteiger partial charge in [0.05, 0.1) is 5.69 Å². The molecule has 1 atom stereocenters. The van der Waals surface area contributed by atoms with Gasteiger partial charge >= 0.3 is 0 Å². The Hall–Kier alpha value is -0.480. The van der Waals surface area contributed by atoms with E-state index in [0.29, 0.717) is 11.5 Å². The number of hydrogen-bond acceptors (Lipinski definition) is 4. The van der Waals surface area contributed by atoms with Crippen molar-refractivity contribution in [3.63, 3.8) is 0 Å². The monoisotopic (exact) mass is 254 g/mol. The van der Waals surface area contributed by atoms with E-state index < -0.39 is 0 Å². The Morgan fingerprint density at radius 2 is 2.24 bits per heavy atom. The van der Waals surface area contributed by atoms with Crippen molar-refractivity contribution in [3.05, 3.63) is 17.0 Å². The summed E-state index contributed by atoms with van der Waals surface area (Å²) in [7, 11) is 0. The molecule has 0 amide bonds. The minimum atomic E-state index is 0.458. The Morgan fingerprint density at radius 1 is 1.47 bits per heavy atom. The zero-order chi connectivity index (χ0) is 12.5. The van der Waals surface area contributed by atoms with E-state index in [4.69, 9.17) is 4.52 Å². The number of rotatable bonds is 3. The summed E-state index contributed by atoms with van der Waals surface area (Å²) in [4.78, 5) is 0. The lowest BCUT2D eigenvalue weighted by Crippen LogP contribution is -2.40. The molecule has 1 N–H and O–H groups in total. The third-order valence-corrected chi connectivity index (χ3v) is 4.98. The van der Waals surface area contributed by atoms with Gasteiger partial charge in [-0.05, 0) is 31.4 Å². The average Bonchev–Trinajstić information content (AvgIpc) is 2.55. The molecule has 1 unspecified atom stereocenters. The SMILES string of the molecule is Cc1noc(C)c1CNC1CSCC(C)(C)C1. The Balaban J connectivity index is 1.90. The molecule has 0 aliphatic carbocycles. The average molecular weight is 254 g/mol. The van der Waals surface area contributed by atoms with E-state index in [1.165, 1.54) is 23.5 Å². The largest absolute Gasteiger partial charge is 0.361 e. The molecular formula is C13H22N2OS. The predicted octanol–water partition coefficient (Wildman–Crippen LogP) is 2.91. The Labute approximate surface area is 108 Å². The van der Waals surface area contributed by atoms with E-state index in [9.17, 15) is 0 Å². The molecule has 4 heteroatoms. The molecular weight excluding hydrogens is 232 g/mol.